The zero-order chi connectivity index (χ0) is 22.7. The molecule has 29 heavy (non-hydrogen) atoms. The zero-order valence-corrected chi connectivity index (χ0v) is 24.3. The molecule has 0 aromatic rings. The predicted octanol–water partition coefficient (Wildman–Crippen LogP) is 3.62. The molecule has 1 aliphatic rings. The Bertz CT molecular complexity index is 579. The van der Waals surface area contributed by atoms with Crippen molar-refractivity contribution in [3.05, 3.63) is 0 Å². The van der Waals surface area contributed by atoms with E-state index >= 15 is 0 Å². The van der Waals surface area contributed by atoms with Crippen molar-refractivity contribution in [2.75, 3.05) is 0 Å². The van der Waals surface area contributed by atoms with Gasteiger partial charge in [-0.3, -0.25) is 9.59 Å². The highest BCUT2D eigenvalue weighted by Crippen LogP contribution is 2.35. The minimum absolute atomic E-state index is 0.483. The Labute approximate surface area is 179 Å². The largest absolute Gasteiger partial charge is 0.546 e. The Morgan fingerprint density at radius 1 is 0.586 bits per heavy atom. The van der Waals surface area contributed by atoms with Crippen LogP contribution in [-0.2, 0) is 39.0 Å². The van der Waals surface area contributed by atoms with E-state index < -0.39 is 55.2 Å². The molecule has 0 bridgehead atoms. The van der Waals surface area contributed by atoms with Crippen molar-refractivity contribution in [3.63, 3.8) is 0 Å². The van der Waals surface area contributed by atoms with Crippen LogP contribution in [0.5, 0.6) is 0 Å². The first kappa shape index (κ1) is 26.9. The number of carbonyl (C=O) groups excluding carboxylic acids is 2. The Hall–Kier alpha value is -0.176. The van der Waals surface area contributed by atoms with E-state index in [4.69, 9.17) is 29.4 Å². The third-order valence-electron chi connectivity index (χ3n) is 4.62. The highest BCUT2D eigenvalue weighted by Gasteiger charge is 2.60. The van der Waals surface area contributed by atoms with Gasteiger partial charge in [0.05, 0.1) is 0 Å². The molecule has 0 spiro atoms. The van der Waals surface area contributed by atoms with Crippen LogP contribution >= 0.6 is 0 Å². The van der Waals surface area contributed by atoms with Gasteiger partial charge in [0.15, 0.2) is 0 Å². The fraction of sp³-hybridized carbons (Fsp3) is 0.867. The van der Waals surface area contributed by atoms with E-state index in [-0.39, 0.29) is 0 Å². The number of carbonyl (C=O) groups is 2. The Kier molecular flexibility index (Phi) is 8.83. The molecule has 0 saturated carbocycles. The van der Waals surface area contributed by atoms with Crippen molar-refractivity contribution < 1.29 is 39.0 Å². The minimum atomic E-state index is -3.46. The minimum Gasteiger partial charge on any atom is -0.475 e. The third kappa shape index (κ3) is 7.78. The van der Waals surface area contributed by atoms with Gasteiger partial charge in [0.25, 0.3) is 11.9 Å². The number of hydrogen-bond donors (Lipinski definition) is 0. The van der Waals surface area contributed by atoms with Gasteiger partial charge in [0.2, 0.25) is 0 Å². The summed E-state index contributed by atoms with van der Waals surface area (Å²) < 4.78 is 43.3. The summed E-state index contributed by atoms with van der Waals surface area (Å²) in [7, 11) is -15.6. The van der Waals surface area contributed by atoms with E-state index in [1.165, 1.54) is 13.8 Å². The Balaban J connectivity index is 3.59. The van der Waals surface area contributed by atoms with Crippen molar-refractivity contribution in [2.24, 2.45) is 0 Å². The van der Waals surface area contributed by atoms with Crippen LogP contribution < -0.4 is 0 Å². The molecule has 0 radical (unpaired) electrons. The van der Waals surface area contributed by atoms with Crippen LogP contribution in [0.15, 0.2) is 0 Å². The lowest BCUT2D eigenvalue weighted by Gasteiger charge is -2.47. The van der Waals surface area contributed by atoms with E-state index in [1.807, 2.05) is 40.4 Å². The molecule has 4 atom stereocenters. The third-order valence-corrected chi connectivity index (χ3v) is 26.1. The maximum Gasteiger partial charge on any atom is 0.546 e. The van der Waals surface area contributed by atoms with Gasteiger partial charge >= 0.3 is 43.3 Å². The molecule has 9 nitrogen and oxygen atoms in total. The van der Waals surface area contributed by atoms with Crippen LogP contribution in [0.3, 0.4) is 0 Å². The molecule has 0 aliphatic carbocycles. The van der Waals surface area contributed by atoms with Gasteiger partial charge < -0.3 is 29.4 Å². The average molecular weight is 501 g/mol. The molecule has 170 valence electrons. The Morgan fingerprint density at radius 2 is 0.828 bits per heavy atom. The number of hydrogen-bond acceptors (Lipinski definition) is 9. The fourth-order valence-corrected chi connectivity index (χ4v) is 27.3. The SMILES string of the molecule is CC[Si]1(C)O[Si](C)(CC)O[Si](C)(OC(C)=O)O[Si](C)(CC)O[Si](C)(OC(C)=O)O1. The van der Waals surface area contributed by atoms with Crippen LogP contribution in [0.25, 0.3) is 0 Å². The van der Waals surface area contributed by atoms with Gasteiger partial charge in [0.1, 0.15) is 0 Å². The summed E-state index contributed by atoms with van der Waals surface area (Å²) >= 11 is 0. The summed E-state index contributed by atoms with van der Waals surface area (Å²) in [6, 6.07) is 1.76. The summed E-state index contributed by atoms with van der Waals surface area (Å²) in [4.78, 5) is 23.7. The molecule has 4 unspecified atom stereocenters. The van der Waals surface area contributed by atoms with Gasteiger partial charge in [-0.1, -0.05) is 20.8 Å². The van der Waals surface area contributed by atoms with Crippen LogP contribution in [0.1, 0.15) is 34.6 Å². The van der Waals surface area contributed by atoms with Crippen LogP contribution in [0, 0.1) is 0 Å². The van der Waals surface area contributed by atoms with E-state index in [1.54, 1.807) is 13.1 Å². The smallest absolute Gasteiger partial charge is 0.475 e. The van der Waals surface area contributed by atoms with Gasteiger partial charge in [-0.15, -0.1) is 0 Å². The van der Waals surface area contributed by atoms with Crippen molar-refractivity contribution in [3.8, 4) is 0 Å². The normalized spacial score (nSPS) is 41.4. The first-order chi connectivity index (χ1) is 13.1. The summed E-state index contributed by atoms with van der Waals surface area (Å²) in [5.74, 6) is -0.967. The fourth-order valence-electron chi connectivity index (χ4n) is 3.17. The van der Waals surface area contributed by atoms with Crippen molar-refractivity contribution in [1.82, 2.24) is 0 Å². The van der Waals surface area contributed by atoms with Crippen molar-refractivity contribution >= 4 is 55.2 Å². The predicted molar refractivity (Wildman–Crippen MR) is 118 cm³/mol. The average Bonchev–Trinajstić information content (AvgIpc) is 2.50. The molecule has 0 N–H and O–H groups in total. The summed E-state index contributed by atoms with van der Waals surface area (Å²) in [6.07, 6.45) is 0. The second kappa shape index (κ2) is 9.53. The van der Waals surface area contributed by atoms with Crippen LogP contribution in [0.2, 0.25) is 50.9 Å². The van der Waals surface area contributed by atoms with Crippen molar-refractivity contribution in [2.45, 2.75) is 85.5 Å². The lowest BCUT2D eigenvalue weighted by atomic mass is 10.9. The van der Waals surface area contributed by atoms with Crippen molar-refractivity contribution in [1.29, 1.82) is 0 Å². The van der Waals surface area contributed by atoms with Gasteiger partial charge in [-0.05, 0) is 37.8 Å². The molecule has 1 saturated heterocycles. The topological polar surface area (TPSA) is 98.8 Å². The molecular weight excluding hydrogens is 465 g/mol. The molecule has 0 aromatic heterocycles. The summed E-state index contributed by atoms with van der Waals surface area (Å²) in [5.41, 5.74) is 0. The first-order valence-corrected chi connectivity index (χ1v) is 22.0. The van der Waals surface area contributed by atoms with E-state index in [0.29, 0.717) is 18.1 Å². The Morgan fingerprint density at radius 3 is 1.03 bits per heavy atom. The lowest BCUT2D eigenvalue weighted by Crippen LogP contribution is -2.68. The molecule has 1 fully saturated rings. The van der Waals surface area contributed by atoms with E-state index in [9.17, 15) is 9.59 Å². The van der Waals surface area contributed by atoms with E-state index in [0.717, 1.165) is 0 Å². The summed E-state index contributed by atoms with van der Waals surface area (Å²) in [6.45, 7) is 17.6. The lowest BCUT2D eigenvalue weighted by molar-refractivity contribution is -0.135. The highest BCUT2D eigenvalue weighted by molar-refractivity contribution is 6.92. The van der Waals surface area contributed by atoms with Crippen LogP contribution in [-0.4, -0.2) is 55.2 Å². The molecule has 1 aliphatic heterocycles. The first-order valence-electron chi connectivity index (χ1n) is 9.95. The summed E-state index contributed by atoms with van der Waals surface area (Å²) in [5, 5.41) is 0. The quantitative estimate of drug-likeness (QED) is 0.524. The maximum absolute atomic E-state index is 11.8. The molecule has 14 heteroatoms. The molecule has 0 aromatic carbocycles. The monoisotopic (exact) mass is 500 g/mol. The maximum atomic E-state index is 11.8. The van der Waals surface area contributed by atoms with Gasteiger partial charge in [0, 0.05) is 26.9 Å². The standard InChI is InChI=1S/C15H36O9Si5/c1-11-25(6)20-26(7,12-2)22-29(10,19-15(5)17)24-27(8,13-3)23-28(9,21-25)18-14(4)16/h11-13H2,1-10H3. The second-order valence-electron chi connectivity index (χ2n) is 7.88. The highest BCUT2D eigenvalue weighted by atomic mass is 28.5. The van der Waals surface area contributed by atoms with Crippen LogP contribution in [0.4, 0.5) is 0 Å². The second-order valence-corrected chi connectivity index (χ2v) is 24.7. The molecule has 1 rings (SSSR count). The van der Waals surface area contributed by atoms with Gasteiger partial charge in [-0.25, -0.2) is 0 Å². The molecule has 1 heterocycles. The zero-order valence-electron chi connectivity index (χ0n) is 19.3. The molecule has 0 amide bonds. The molecular formula is C15H36O9Si5. The number of rotatable bonds is 5. The van der Waals surface area contributed by atoms with Gasteiger partial charge in [-0.2, -0.15) is 0 Å². The van der Waals surface area contributed by atoms with E-state index in [2.05, 4.69) is 0 Å².